The van der Waals surface area contributed by atoms with Gasteiger partial charge in [-0.3, -0.25) is 23.9 Å². The molecule has 1 fully saturated rings. The number of amides is 2. The van der Waals surface area contributed by atoms with Crippen molar-refractivity contribution in [1.82, 2.24) is 14.9 Å². The summed E-state index contributed by atoms with van der Waals surface area (Å²) in [5.74, 6) is -4.84. The van der Waals surface area contributed by atoms with Gasteiger partial charge < -0.3 is 10.4 Å². The maximum atomic E-state index is 14.8. The van der Waals surface area contributed by atoms with E-state index in [0.29, 0.717) is 18.6 Å². The van der Waals surface area contributed by atoms with Crippen LogP contribution in [0.5, 0.6) is 0 Å². The van der Waals surface area contributed by atoms with Crippen LogP contribution in [0.2, 0.25) is 0 Å². The molecule has 1 aliphatic rings. The summed E-state index contributed by atoms with van der Waals surface area (Å²) >= 11 is 0. The Morgan fingerprint density at radius 3 is 2.44 bits per heavy atom. The number of rotatable bonds is 6. The summed E-state index contributed by atoms with van der Waals surface area (Å²) < 4.78 is 44.2. The number of carbonyl (C=O) groups excluding carboxylic acids is 2. The highest BCUT2D eigenvalue weighted by Gasteiger charge is 2.31. The summed E-state index contributed by atoms with van der Waals surface area (Å²) in [7, 11) is 0. The molecule has 0 bridgehead atoms. The molecule has 1 saturated heterocycles. The average molecular weight is 502 g/mol. The summed E-state index contributed by atoms with van der Waals surface area (Å²) in [6.45, 7) is 5.45. The van der Waals surface area contributed by atoms with Crippen LogP contribution in [0.25, 0.3) is 16.7 Å². The van der Waals surface area contributed by atoms with E-state index in [1.807, 2.05) is 6.92 Å². The lowest BCUT2D eigenvalue weighted by Crippen LogP contribution is -2.44. The fraction of sp³-hybridized carbons (Fsp3) is 0.360. The summed E-state index contributed by atoms with van der Waals surface area (Å²) in [5.41, 5.74) is -2.79. The number of benzene rings is 1. The highest BCUT2D eigenvalue weighted by Crippen LogP contribution is 2.27. The molecule has 2 aromatic heterocycles. The molecule has 0 aliphatic carbocycles. The van der Waals surface area contributed by atoms with E-state index in [1.165, 1.54) is 17.0 Å². The number of fused-ring (bicyclic) bond motifs is 1. The molecule has 1 aromatic carbocycles. The van der Waals surface area contributed by atoms with E-state index in [2.05, 4.69) is 10.3 Å². The number of aliphatic hydroxyl groups is 1. The Bertz CT molecular complexity index is 1410. The Hall–Kier alpha value is -3.73. The lowest BCUT2D eigenvalue weighted by atomic mass is 9.98. The molecule has 11 heteroatoms. The minimum atomic E-state index is -1.28. The molecule has 8 nitrogen and oxygen atoms in total. The van der Waals surface area contributed by atoms with Crippen LogP contribution in [0.1, 0.15) is 50.4 Å². The van der Waals surface area contributed by atoms with Crippen molar-refractivity contribution < 1.29 is 27.9 Å². The topological polar surface area (TPSA) is 105 Å². The van der Waals surface area contributed by atoms with Crippen LogP contribution >= 0.6 is 0 Å². The van der Waals surface area contributed by atoms with Crippen LogP contribution in [0, 0.1) is 17.5 Å². The van der Waals surface area contributed by atoms with E-state index in [1.54, 1.807) is 13.8 Å². The highest BCUT2D eigenvalue weighted by molar-refractivity contribution is 5.99. The van der Waals surface area contributed by atoms with Gasteiger partial charge in [0.2, 0.25) is 11.3 Å². The van der Waals surface area contributed by atoms with Crippen molar-refractivity contribution in [3.8, 4) is 5.69 Å². The number of carbonyl (C=O) groups is 2. The Labute approximate surface area is 204 Å². The van der Waals surface area contributed by atoms with Crippen molar-refractivity contribution in [2.24, 2.45) is 0 Å². The number of anilines is 1. The van der Waals surface area contributed by atoms with Gasteiger partial charge in [-0.05, 0) is 32.4 Å². The first-order valence-corrected chi connectivity index (χ1v) is 11.4. The second-order valence-electron chi connectivity index (χ2n) is 9.45. The predicted molar refractivity (Wildman–Crippen MR) is 127 cm³/mol. The SMILES string of the molecule is CCCC(C)(C)NC(=O)c1cn(-c2c(F)cc(F)cc2F)c2nc(N3C[C@@H](O)CC3=O)ccc2c1=O. The molecular weight excluding hydrogens is 477 g/mol. The molecule has 1 aliphatic heterocycles. The van der Waals surface area contributed by atoms with Gasteiger partial charge in [-0.2, -0.15) is 0 Å². The predicted octanol–water partition coefficient (Wildman–Crippen LogP) is 3.21. The summed E-state index contributed by atoms with van der Waals surface area (Å²) in [6.07, 6.45) is 1.29. The second-order valence-corrected chi connectivity index (χ2v) is 9.45. The van der Waals surface area contributed by atoms with Crippen LogP contribution in [0.15, 0.2) is 35.3 Å². The number of halogens is 3. The normalized spacial score (nSPS) is 16.1. The van der Waals surface area contributed by atoms with Gasteiger partial charge in [0.05, 0.1) is 24.5 Å². The number of β-amino-alcohol motifs (C(OH)–C–C–N with tert-alkyl or cyclic N) is 1. The molecule has 0 spiro atoms. The summed E-state index contributed by atoms with van der Waals surface area (Å²) in [4.78, 5) is 44.1. The summed E-state index contributed by atoms with van der Waals surface area (Å²) in [6, 6.07) is 3.58. The maximum absolute atomic E-state index is 14.8. The van der Waals surface area contributed by atoms with E-state index in [-0.39, 0.29) is 29.8 Å². The number of pyridine rings is 2. The molecule has 190 valence electrons. The minimum Gasteiger partial charge on any atom is -0.391 e. The molecule has 4 rings (SSSR count). The Morgan fingerprint density at radius 2 is 1.86 bits per heavy atom. The Balaban J connectivity index is 1.97. The number of nitrogens with zero attached hydrogens (tertiary/aromatic N) is 3. The van der Waals surface area contributed by atoms with Gasteiger partial charge in [0.15, 0.2) is 17.3 Å². The second kappa shape index (κ2) is 9.38. The molecule has 1 atom stereocenters. The quantitative estimate of drug-likeness (QED) is 0.539. The molecule has 0 unspecified atom stereocenters. The molecule has 36 heavy (non-hydrogen) atoms. The van der Waals surface area contributed by atoms with Crippen LogP contribution in [0.4, 0.5) is 19.0 Å². The number of nitrogens with one attached hydrogen (secondary N) is 1. The van der Waals surface area contributed by atoms with Crippen molar-refractivity contribution in [3.05, 3.63) is 63.7 Å². The van der Waals surface area contributed by atoms with Crippen molar-refractivity contribution in [1.29, 1.82) is 0 Å². The van der Waals surface area contributed by atoms with Crippen molar-refractivity contribution >= 4 is 28.7 Å². The van der Waals surface area contributed by atoms with E-state index >= 15 is 0 Å². The number of hydrogen-bond acceptors (Lipinski definition) is 5. The van der Waals surface area contributed by atoms with Gasteiger partial charge in [0.25, 0.3) is 5.91 Å². The van der Waals surface area contributed by atoms with E-state index in [0.717, 1.165) is 17.2 Å². The lowest BCUT2D eigenvalue weighted by Gasteiger charge is -2.26. The van der Waals surface area contributed by atoms with Crippen LogP contribution < -0.4 is 15.6 Å². The van der Waals surface area contributed by atoms with E-state index in [9.17, 15) is 32.7 Å². The maximum Gasteiger partial charge on any atom is 0.257 e. The largest absolute Gasteiger partial charge is 0.391 e. The fourth-order valence-electron chi connectivity index (χ4n) is 4.41. The van der Waals surface area contributed by atoms with E-state index < -0.39 is 57.6 Å². The first-order chi connectivity index (χ1) is 16.9. The molecule has 3 aromatic rings. The monoisotopic (exact) mass is 502 g/mol. The molecular formula is C25H25F3N4O4. The van der Waals surface area contributed by atoms with Gasteiger partial charge in [-0.15, -0.1) is 0 Å². The number of aromatic nitrogens is 2. The smallest absolute Gasteiger partial charge is 0.257 e. The van der Waals surface area contributed by atoms with Crippen molar-refractivity contribution in [2.45, 2.75) is 51.7 Å². The third kappa shape index (κ3) is 4.70. The Kier molecular flexibility index (Phi) is 6.61. The molecule has 0 saturated carbocycles. The van der Waals surface area contributed by atoms with Gasteiger partial charge in [0, 0.05) is 23.9 Å². The first-order valence-electron chi connectivity index (χ1n) is 11.4. The zero-order chi connectivity index (χ0) is 26.4. The van der Waals surface area contributed by atoms with Crippen LogP contribution in [0.3, 0.4) is 0 Å². The number of hydrogen-bond donors (Lipinski definition) is 2. The van der Waals surface area contributed by atoms with Crippen LogP contribution in [-0.4, -0.2) is 44.7 Å². The molecule has 0 radical (unpaired) electrons. The van der Waals surface area contributed by atoms with Crippen molar-refractivity contribution in [2.75, 3.05) is 11.4 Å². The zero-order valence-corrected chi connectivity index (χ0v) is 19.9. The standard InChI is InChI=1S/C25H25F3N4O4/c1-4-7-25(2,3)30-24(36)16-12-32(21-17(27)8-13(26)9-18(21)28)23-15(22(16)35)5-6-19(29-23)31-11-14(33)10-20(31)34/h5-6,8-9,12,14,33H,4,7,10-11H2,1-3H3,(H,30,36)/t14-/m0/s1. The molecule has 3 heterocycles. The summed E-state index contributed by atoms with van der Waals surface area (Å²) in [5, 5.41) is 12.4. The number of aliphatic hydroxyl groups excluding tert-OH is 1. The zero-order valence-electron chi connectivity index (χ0n) is 19.9. The lowest BCUT2D eigenvalue weighted by molar-refractivity contribution is -0.117. The van der Waals surface area contributed by atoms with Gasteiger partial charge >= 0.3 is 0 Å². The van der Waals surface area contributed by atoms with E-state index in [4.69, 9.17) is 0 Å². The molecule has 2 N–H and O–H groups in total. The minimum absolute atomic E-state index is 0.0430. The van der Waals surface area contributed by atoms with Gasteiger partial charge in [-0.1, -0.05) is 13.3 Å². The highest BCUT2D eigenvalue weighted by atomic mass is 19.1. The molecule has 2 amide bonds. The third-order valence-corrected chi connectivity index (χ3v) is 6.01. The average Bonchev–Trinajstić information content (AvgIpc) is 3.11. The van der Waals surface area contributed by atoms with Crippen molar-refractivity contribution in [3.63, 3.8) is 0 Å². The van der Waals surface area contributed by atoms with Gasteiger partial charge in [0.1, 0.15) is 22.9 Å². The van der Waals surface area contributed by atoms with Gasteiger partial charge in [-0.25, -0.2) is 18.2 Å². The first kappa shape index (κ1) is 25.4. The third-order valence-electron chi connectivity index (χ3n) is 6.01. The fourth-order valence-corrected chi connectivity index (χ4v) is 4.41. The van der Waals surface area contributed by atoms with Crippen LogP contribution in [-0.2, 0) is 4.79 Å². The Morgan fingerprint density at radius 1 is 1.19 bits per heavy atom.